The number of para-hydroxylation sites is 1. The summed E-state index contributed by atoms with van der Waals surface area (Å²) in [5, 5.41) is 0. The maximum atomic E-state index is 5.99. The number of hydrogen-bond acceptors (Lipinski definition) is 3. The van der Waals surface area contributed by atoms with Gasteiger partial charge in [0.1, 0.15) is 0 Å². The Bertz CT molecular complexity index is 326. The largest absolute Gasteiger partial charge is 0.398 e. The van der Waals surface area contributed by atoms with Crippen molar-refractivity contribution in [2.75, 3.05) is 23.8 Å². The van der Waals surface area contributed by atoms with Crippen LogP contribution in [-0.4, -0.2) is 29.0 Å². The Morgan fingerprint density at radius 3 is 2.59 bits per heavy atom. The summed E-state index contributed by atoms with van der Waals surface area (Å²) < 4.78 is 0. The number of benzene rings is 1. The molecule has 0 heterocycles. The highest BCUT2D eigenvalue weighted by molar-refractivity contribution is 7.99. The minimum absolute atomic E-state index is 0.562. The Labute approximate surface area is 110 Å². The molecule has 0 atom stereocenters. The Kier molecular flexibility index (Phi) is 6.45. The monoisotopic (exact) mass is 252 g/mol. The molecule has 2 N–H and O–H groups in total. The van der Waals surface area contributed by atoms with Gasteiger partial charge >= 0.3 is 0 Å². The van der Waals surface area contributed by atoms with Crippen LogP contribution in [0.25, 0.3) is 0 Å². The van der Waals surface area contributed by atoms with Crippen molar-refractivity contribution in [3.63, 3.8) is 0 Å². The third-order valence-corrected chi connectivity index (χ3v) is 3.77. The highest BCUT2D eigenvalue weighted by Gasteiger charge is 2.10. The van der Waals surface area contributed by atoms with Crippen molar-refractivity contribution in [3.8, 4) is 0 Å². The van der Waals surface area contributed by atoms with Gasteiger partial charge in [0.15, 0.2) is 0 Å². The molecule has 0 aromatic heterocycles. The minimum Gasteiger partial charge on any atom is -0.398 e. The van der Waals surface area contributed by atoms with Crippen LogP contribution in [-0.2, 0) is 6.54 Å². The van der Waals surface area contributed by atoms with Crippen LogP contribution < -0.4 is 5.73 Å². The van der Waals surface area contributed by atoms with Crippen LogP contribution in [0.15, 0.2) is 24.3 Å². The molecule has 0 saturated carbocycles. The molecule has 0 saturated heterocycles. The summed E-state index contributed by atoms with van der Waals surface area (Å²) in [4.78, 5) is 2.48. The number of nitrogens with two attached hydrogens (primary N) is 1. The minimum atomic E-state index is 0.562. The SMILES string of the molecule is CCSCCN(Cc1ccccc1N)C(C)C. The first-order chi connectivity index (χ1) is 8.15. The van der Waals surface area contributed by atoms with Crippen LogP contribution in [0.2, 0.25) is 0 Å². The highest BCUT2D eigenvalue weighted by Crippen LogP contribution is 2.15. The molecule has 0 fully saturated rings. The lowest BCUT2D eigenvalue weighted by Crippen LogP contribution is -2.32. The van der Waals surface area contributed by atoms with E-state index in [0.717, 1.165) is 18.8 Å². The molecule has 17 heavy (non-hydrogen) atoms. The predicted octanol–water partition coefficient (Wildman–Crippen LogP) is 3.23. The molecule has 0 spiro atoms. The van der Waals surface area contributed by atoms with Gasteiger partial charge in [-0.05, 0) is 31.2 Å². The van der Waals surface area contributed by atoms with Gasteiger partial charge in [-0.3, -0.25) is 4.90 Å². The van der Waals surface area contributed by atoms with Crippen molar-refractivity contribution in [1.82, 2.24) is 4.90 Å². The molecule has 3 heteroatoms. The summed E-state index contributed by atoms with van der Waals surface area (Å²) in [7, 11) is 0. The van der Waals surface area contributed by atoms with Crippen LogP contribution >= 0.6 is 11.8 Å². The fraction of sp³-hybridized carbons (Fsp3) is 0.571. The first-order valence-electron chi connectivity index (χ1n) is 6.30. The average Bonchev–Trinajstić information content (AvgIpc) is 2.30. The fourth-order valence-electron chi connectivity index (χ4n) is 1.74. The lowest BCUT2D eigenvalue weighted by Gasteiger charge is -2.26. The molecular formula is C14H24N2S. The molecule has 2 nitrogen and oxygen atoms in total. The van der Waals surface area contributed by atoms with Crippen molar-refractivity contribution in [2.24, 2.45) is 0 Å². The third-order valence-electron chi connectivity index (χ3n) is 2.89. The molecule has 0 aliphatic carbocycles. The molecule has 0 amide bonds. The van der Waals surface area contributed by atoms with Crippen molar-refractivity contribution in [2.45, 2.75) is 33.4 Å². The van der Waals surface area contributed by atoms with Crippen molar-refractivity contribution in [1.29, 1.82) is 0 Å². The first-order valence-corrected chi connectivity index (χ1v) is 7.45. The van der Waals surface area contributed by atoms with Gasteiger partial charge in [-0.2, -0.15) is 11.8 Å². The van der Waals surface area contributed by atoms with Crippen LogP contribution in [0, 0.1) is 0 Å². The number of nitrogen functional groups attached to an aromatic ring is 1. The standard InChI is InChI=1S/C14H24N2S/c1-4-17-10-9-16(12(2)3)11-13-7-5-6-8-14(13)15/h5-8,12H,4,9-11,15H2,1-3H3. The second-order valence-electron chi connectivity index (χ2n) is 4.46. The topological polar surface area (TPSA) is 29.3 Å². The third kappa shape index (κ3) is 5.00. The lowest BCUT2D eigenvalue weighted by atomic mass is 10.1. The Hall–Kier alpha value is -0.670. The number of thioether (sulfide) groups is 1. The Morgan fingerprint density at radius 2 is 2.00 bits per heavy atom. The molecule has 1 rings (SSSR count). The summed E-state index contributed by atoms with van der Waals surface area (Å²) in [6.45, 7) is 8.78. The molecule has 1 aromatic rings. The normalized spacial score (nSPS) is 11.4. The van der Waals surface area contributed by atoms with E-state index in [1.165, 1.54) is 17.1 Å². The van der Waals surface area contributed by atoms with E-state index < -0.39 is 0 Å². The fourth-order valence-corrected chi connectivity index (χ4v) is 2.40. The number of anilines is 1. The molecule has 0 unspecified atom stereocenters. The van der Waals surface area contributed by atoms with Gasteiger partial charge in [0.25, 0.3) is 0 Å². The molecule has 0 bridgehead atoms. The van der Waals surface area contributed by atoms with Gasteiger partial charge in [0.2, 0.25) is 0 Å². The van der Waals surface area contributed by atoms with Crippen molar-refractivity contribution in [3.05, 3.63) is 29.8 Å². The van der Waals surface area contributed by atoms with Crippen molar-refractivity contribution < 1.29 is 0 Å². The molecular weight excluding hydrogens is 228 g/mol. The van der Waals surface area contributed by atoms with Crippen LogP contribution in [0.4, 0.5) is 5.69 Å². The van der Waals surface area contributed by atoms with E-state index in [0.29, 0.717) is 6.04 Å². The van der Waals surface area contributed by atoms with E-state index in [9.17, 15) is 0 Å². The zero-order chi connectivity index (χ0) is 12.7. The molecule has 96 valence electrons. The van der Waals surface area contributed by atoms with E-state index in [1.54, 1.807) is 0 Å². The summed E-state index contributed by atoms with van der Waals surface area (Å²) in [5.74, 6) is 2.39. The van der Waals surface area contributed by atoms with Gasteiger partial charge in [-0.15, -0.1) is 0 Å². The lowest BCUT2D eigenvalue weighted by molar-refractivity contribution is 0.227. The Morgan fingerprint density at radius 1 is 1.29 bits per heavy atom. The van der Waals surface area contributed by atoms with Gasteiger partial charge in [-0.25, -0.2) is 0 Å². The Balaban J connectivity index is 2.57. The highest BCUT2D eigenvalue weighted by atomic mass is 32.2. The smallest absolute Gasteiger partial charge is 0.0359 e. The van der Waals surface area contributed by atoms with Crippen LogP contribution in [0.3, 0.4) is 0 Å². The van der Waals surface area contributed by atoms with Gasteiger partial charge < -0.3 is 5.73 Å². The van der Waals surface area contributed by atoms with Crippen LogP contribution in [0.1, 0.15) is 26.3 Å². The van der Waals surface area contributed by atoms with E-state index in [-0.39, 0.29) is 0 Å². The predicted molar refractivity (Wildman–Crippen MR) is 79.4 cm³/mol. The van der Waals surface area contributed by atoms with E-state index in [4.69, 9.17) is 5.73 Å². The maximum absolute atomic E-state index is 5.99. The summed E-state index contributed by atoms with van der Waals surface area (Å²) in [6, 6.07) is 8.72. The second-order valence-corrected chi connectivity index (χ2v) is 5.85. The van der Waals surface area contributed by atoms with Gasteiger partial charge in [0.05, 0.1) is 0 Å². The summed E-state index contributed by atoms with van der Waals surface area (Å²) in [6.07, 6.45) is 0. The zero-order valence-electron chi connectivity index (χ0n) is 11.1. The van der Waals surface area contributed by atoms with Gasteiger partial charge in [0, 0.05) is 30.6 Å². The molecule has 0 aliphatic rings. The van der Waals surface area contributed by atoms with E-state index in [2.05, 4.69) is 37.8 Å². The van der Waals surface area contributed by atoms with E-state index >= 15 is 0 Å². The molecule has 0 radical (unpaired) electrons. The summed E-state index contributed by atoms with van der Waals surface area (Å²) in [5.41, 5.74) is 8.13. The molecule has 1 aromatic carbocycles. The quantitative estimate of drug-likeness (QED) is 0.597. The second kappa shape index (κ2) is 7.62. The first kappa shape index (κ1) is 14.4. The maximum Gasteiger partial charge on any atom is 0.0359 e. The van der Waals surface area contributed by atoms with E-state index in [1.807, 2.05) is 23.9 Å². The number of nitrogens with zero attached hydrogens (tertiary/aromatic N) is 1. The average molecular weight is 252 g/mol. The van der Waals surface area contributed by atoms with Gasteiger partial charge in [-0.1, -0.05) is 25.1 Å². The number of hydrogen-bond donors (Lipinski definition) is 1. The zero-order valence-corrected chi connectivity index (χ0v) is 12.0. The van der Waals surface area contributed by atoms with Crippen LogP contribution in [0.5, 0.6) is 0 Å². The molecule has 0 aliphatic heterocycles. The number of rotatable bonds is 7. The van der Waals surface area contributed by atoms with Crippen molar-refractivity contribution >= 4 is 17.4 Å². The summed E-state index contributed by atoms with van der Waals surface area (Å²) >= 11 is 2.00.